The van der Waals surface area contributed by atoms with Gasteiger partial charge in [-0.1, -0.05) is 18.2 Å². The number of para-hydroxylation sites is 3. The van der Waals surface area contributed by atoms with Crippen LogP contribution in [0, 0.1) is 10.1 Å². The number of carbonyl (C=O) groups excluding carboxylic acids is 2. The largest absolute Gasteiger partial charge is 0.490 e. The molecule has 2 aromatic carbocycles. The lowest BCUT2D eigenvalue weighted by Crippen LogP contribution is -2.27. The van der Waals surface area contributed by atoms with Gasteiger partial charge in [0.15, 0.2) is 0 Å². The highest BCUT2D eigenvalue weighted by Crippen LogP contribution is 2.29. The zero-order chi connectivity index (χ0) is 20.1. The molecule has 0 atom stereocenters. The SMILES string of the molecule is COc1c(C=NNC(=O)C=C2Nc3ccccc3NC2=O)cccc1[N+](=O)[O-]. The summed E-state index contributed by atoms with van der Waals surface area (Å²) in [7, 11) is 1.30. The maximum absolute atomic E-state index is 12.0. The summed E-state index contributed by atoms with van der Waals surface area (Å²) in [6.07, 6.45) is 2.28. The third kappa shape index (κ3) is 3.96. The van der Waals surface area contributed by atoms with Gasteiger partial charge in [-0.25, -0.2) is 5.43 Å². The topological polar surface area (TPSA) is 135 Å². The van der Waals surface area contributed by atoms with Gasteiger partial charge >= 0.3 is 5.69 Å². The van der Waals surface area contributed by atoms with Crippen molar-refractivity contribution in [3.05, 3.63) is 69.9 Å². The number of nitro benzene ring substituents is 1. The van der Waals surface area contributed by atoms with Crippen LogP contribution in [0.15, 0.2) is 59.3 Å². The van der Waals surface area contributed by atoms with Crippen LogP contribution in [0.1, 0.15) is 5.56 Å². The number of amides is 2. The van der Waals surface area contributed by atoms with Crippen LogP contribution < -0.4 is 20.8 Å². The molecule has 0 saturated carbocycles. The fourth-order valence-corrected chi connectivity index (χ4v) is 2.53. The number of hydrazone groups is 1. The Kier molecular flexibility index (Phi) is 5.30. The zero-order valence-electron chi connectivity index (χ0n) is 14.6. The van der Waals surface area contributed by atoms with E-state index < -0.39 is 16.7 Å². The molecule has 10 nitrogen and oxygen atoms in total. The molecule has 3 rings (SSSR count). The minimum atomic E-state index is -0.655. The minimum absolute atomic E-state index is 0.0220. The van der Waals surface area contributed by atoms with Crippen molar-refractivity contribution in [3.63, 3.8) is 0 Å². The molecule has 1 aliphatic heterocycles. The molecule has 0 aromatic heterocycles. The molecule has 28 heavy (non-hydrogen) atoms. The van der Waals surface area contributed by atoms with Gasteiger partial charge < -0.3 is 15.4 Å². The van der Waals surface area contributed by atoms with Gasteiger partial charge in [0.05, 0.1) is 29.6 Å². The lowest BCUT2D eigenvalue weighted by atomic mass is 10.2. The molecule has 0 radical (unpaired) electrons. The zero-order valence-corrected chi connectivity index (χ0v) is 14.6. The van der Waals surface area contributed by atoms with Crippen LogP contribution in [-0.4, -0.2) is 30.1 Å². The van der Waals surface area contributed by atoms with E-state index in [1.54, 1.807) is 30.3 Å². The maximum Gasteiger partial charge on any atom is 0.311 e. The molecule has 0 unspecified atom stereocenters. The Balaban J connectivity index is 1.71. The second-order valence-corrected chi connectivity index (χ2v) is 5.57. The fraction of sp³-hybridized carbons (Fsp3) is 0.0556. The number of anilines is 2. The van der Waals surface area contributed by atoms with E-state index in [1.807, 2.05) is 0 Å². The molecule has 2 amide bonds. The van der Waals surface area contributed by atoms with Crippen LogP contribution in [0.5, 0.6) is 5.75 Å². The van der Waals surface area contributed by atoms with E-state index in [1.165, 1.54) is 25.5 Å². The van der Waals surface area contributed by atoms with Crippen LogP contribution in [0.4, 0.5) is 17.1 Å². The first-order chi connectivity index (χ1) is 13.5. The van der Waals surface area contributed by atoms with Crippen molar-refractivity contribution in [2.24, 2.45) is 5.10 Å². The lowest BCUT2D eigenvalue weighted by Gasteiger charge is -2.20. The summed E-state index contributed by atoms with van der Waals surface area (Å²) >= 11 is 0. The summed E-state index contributed by atoms with van der Waals surface area (Å²) in [5, 5.41) is 20.3. The highest BCUT2D eigenvalue weighted by molar-refractivity contribution is 6.13. The molecule has 0 spiro atoms. The van der Waals surface area contributed by atoms with E-state index >= 15 is 0 Å². The van der Waals surface area contributed by atoms with E-state index in [2.05, 4.69) is 21.2 Å². The second kappa shape index (κ2) is 7.99. The number of rotatable bonds is 5. The Hall–Kier alpha value is -4.21. The van der Waals surface area contributed by atoms with Crippen molar-refractivity contribution in [2.75, 3.05) is 17.7 Å². The maximum atomic E-state index is 12.0. The Bertz CT molecular complexity index is 1020. The fourth-order valence-electron chi connectivity index (χ4n) is 2.53. The normalized spacial score (nSPS) is 14.2. The molecule has 0 saturated heterocycles. The Morgan fingerprint density at radius 3 is 2.57 bits per heavy atom. The third-order valence-electron chi connectivity index (χ3n) is 3.77. The van der Waals surface area contributed by atoms with E-state index in [9.17, 15) is 19.7 Å². The number of nitrogens with one attached hydrogen (secondary N) is 3. The summed E-state index contributed by atoms with van der Waals surface area (Å²) in [6, 6.07) is 11.4. The molecule has 142 valence electrons. The van der Waals surface area contributed by atoms with E-state index in [0.29, 0.717) is 16.9 Å². The van der Waals surface area contributed by atoms with Crippen molar-refractivity contribution in [1.82, 2.24) is 5.43 Å². The van der Waals surface area contributed by atoms with Gasteiger partial charge in [0.25, 0.3) is 11.8 Å². The summed E-state index contributed by atoms with van der Waals surface area (Å²) in [6.45, 7) is 0. The average Bonchev–Trinajstić information content (AvgIpc) is 2.68. The molecule has 0 aliphatic carbocycles. The van der Waals surface area contributed by atoms with Crippen LogP contribution in [-0.2, 0) is 9.59 Å². The number of ether oxygens (including phenoxy) is 1. The van der Waals surface area contributed by atoms with Crippen LogP contribution in [0.25, 0.3) is 0 Å². The molecule has 1 heterocycles. The number of carbonyl (C=O) groups is 2. The summed E-state index contributed by atoms with van der Waals surface area (Å²) < 4.78 is 5.04. The molecular formula is C18H15N5O5. The van der Waals surface area contributed by atoms with Crippen molar-refractivity contribution >= 4 is 35.1 Å². The van der Waals surface area contributed by atoms with Crippen molar-refractivity contribution < 1.29 is 19.2 Å². The van der Waals surface area contributed by atoms with E-state index in [0.717, 1.165) is 6.08 Å². The van der Waals surface area contributed by atoms with Gasteiger partial charge in [-0.05, 0) is 18.2 Å². The number of hydrogen-bond acceptors (Lipinski definition) is 7. The quantitative estimate of drug-likeness (QED) is 0.314. The summed E-state index contributed by atoms with van der Waals surface area (Å²) in [5.41, 5.74) is 3.65. The second-order valence-electron chi connectivity index (χ2n) is 5.57. The first-order valence-electron chi connectivity index (χ1n) is 8.03. The number of nitrogens with zero attached hydrogens (tertiary/aromatic N) is 2. The number of fused-ring (bicyclic) bond motifs is 1. The molecule has 1 aliphatic rings. The van der Waals surface area contributed by atoms with Gasteiger partial charge in [-0.15, -0.1) is 0 Å². The van der Waals surface area contributed by atoms with E-state index in [-0.39, 0.29) is 17.1 Å². The highest BCUT2D eigenvalue weighted by Gasteiger charge is 2.20. The number of methoxy groups -OCH3 is 1. The molecular weight excluding hydrogens is 366 g/mol. The summed E-state index contributed by atoms with van der Waals surface area (Å²) in [4.78, 5) is 34.5. The van der Waals surface area contributed by atoms with Gasteiger partial charge in [-0.3, -0.25) is 19.7 Å². The average molecular weight is 381 g/mol. The first kappa shape index (κ1) is 18.6. The summed E-state index contributed by atoms with van der Waals surface area (Å²) in [5.74, 6) is -1.09. The monoisotopic (exact) mass is 381 g/mol. The van der Waals surface area contributed by atoms with Crippen LogP contribution in [0.2, 0.25) is 0 Å². The third-order valence-corrected chi connectivity index (χ3v) is 3.77. The van der Waals surface area contributed by atoms with Crippen molar-refractivity contribution in [3.8, 4) is 5.75 Å². The molecule has 2 aromatic rings. The first-order valence-corrected chi connectivity index (χ1v) is 8.03. The smallest absolute Gasteiger partial charge is 0.311 e. The molecule has 0 bridgehead atoms. The molecule has 10 heteroatoms. The van der Waals surface area contributed by atoms with Gasteiger partial charge in [0.1, 0.15) is 5.70 Å². The van der Waals surface area contributed by atoms with Gasteiger partial charge in [0.2, 0.25) is 5.75 Å². The van der Waals surface area contributed by atoms with Crippen molar-refractivity contribution in [2.45, 2.75) is 0 Å². The Morgan fingerprint density at radius 2 is 1.89 bits per heavy atom. The number of benzene rings is 2. The highest BCUT2D eigenvalue weighted by atomic mass is 16.6. The van der Waals surface area contributed by atoms with E-state index in [4.69, 9.17) is 4.74 Å². The Morgan fingerprint density at radius 1 is 1.18 bits per heavy atom. The van der Waals surface area contributed by atoms with Crippen LogP contribution in [0.3, 0.4) is 0 Å². The Labute approximate surface area is 159 Å². The predicted molar refractivity (Wildman–Crippen MR) is 102 cm³/mol. The van der Waals surface area contributed by atoms with Gasteiger partial charge in [0, 0.05) is 17.7 Å². The lowest BCUT2D eigenvalue weighted by molar-refractivity contribution is -0.385. The number of nitro groups is 1. The standard InChI is InChI=1S/C18H15N5O5/c1-28-17-11(5-4-8-15(17)23(26)27)10-19-22-16(24)9-14-18(25)21-13-7-3-2-6-12(13)20-14/h2-10,20H,1H3,(H,21,25)(H,22,24). The predicted octanol–water partition coefficient (Wildman–Crippen LogP) is 2.00. The molecule has 0 fully saturated rings. The number of hydrogen-bond donors (Lipinski definition) is 3. The van der Waals surface area contributed by atoms with Crippen LogP contribution >= 0.6 is 0 Å². The van der Waals surface area contributed by atoms with Gasteiger partial charge in [-0.2, -0.15) is 5.10 Å². The van der Waals surface area contributed by atoms with Crippen molar-refractivity contribution in [1.29, 1.82) is 0 Å². The molecule has 3 N–H and O–H groups in total. The minimum Gasteiger partial charge on any atom is -0.490 e.